The third-order valence-corrected chi connectivity index (χ3v) is 11.8. The second-order valence-corrected chi connectivity index (χ2v) is 15.8. The van der Waals surface area contributed by atoms with Crippen LogP contribution in [0, 0.1) is 0 Å². The Hall–Kier alpha value is -1.08. The van der Waals surface area contributed by atoms with Crippen molar-refractivity contribution in [1.29, 1.82) is 0 Å². The van der Waals surface area contributed by atoms with E-state index in [1.807, 2.05) is 0 Å². The summed E-state index contributed by atoms with van der Waals surface area (Å²) in [5.74, 6) is 0. The van der Waals surface area contributed by atoms with Crippen LogP contribution in [0.3, 0.4) is 0 Å². The monoisotopic (exact) mass is 896 g/mol. The van der Waals surface area contributed by atoms with Crippen LogP contribution in [0.1, 0.15) is 6.42 Å². The van der Waals surface area contributed by atoms with Gasteiger partial charge in [-0.05, 0) is 0 Å². The average molecular weight is 897 g/mol. The van der Waals surface area contributed by atoms with Crippen molar-refractivity contribution in [2.75, 3.05) is 39.6 Å². The molecule has 0 spiro atoms. The summed E-state index contributed by atoms with van der Waals surface area (Å²) in [4.78, 5) is 0. The standard InChI is InChI=1S/C34H56O27/c35-2-10-9-1-8(39)29(53-10)59-26-11(3-36)55-33(24(48)18(26)42)58-15-7-50-30(21(45)17(15)41)57-14-6-51-31(22(46)16(14)40)60-27-12(4-37)56-34(25(49)20(27)44)61-28-13(5-38)54-32(52-9)23(47)19(28)43/h8-49H,1-7H2. The zero-order valence-electron chi connectivity index (χ0n) is 32.1. The van der Waals surface area contributed by atoms with E-state index < -0.39 is 212 Å². The number of hydrogen-bond acceptors (Lipinski definition) is 27. The normalized spacial score (nSPS) is 55.2. The molecular formula is C34H56O27. The number of hydrogen-bond donors (Lipinski definition) is 15. The summed E-state index contributed by atoms with van der Waals surface area (Å²) in [5.41, 5.74) is 0. The molecule has 27 heteroatoms. The van der Waals surface area contributed by atoms with Crippen LogP contribution in [0.2, 0.25) is 0 Å². The van der Waals surface area contributed by atoms with Crippen LogP contribution in [-0.2, 0) is 56.8 Å². The van der Waals surface area contributed by atoms with Gasteiger partial charge < -0.3 is 133 Å². The van der Waals surface area contributed by atoms with E-state index in [9.17, 15) is 76.6 Å². The van der Waals surface area contributed by atoms with Gasteiger partial charge in [0, 0.05) is 6.42 Å². The molecule has 22 fully saturated rings. The molecule has 22 aliphatic rings. The topological polar surface area (TPSA) is 414 Å². The summed E-state index contributed by atoms with van der Waals surface area (Å²) < 4.78 is 68.0. The van der Waals surface area contributed by atoms with Crippen molar-refractivity contribution in [2.24, 2.45) is 0 Å². The van der Waals surface area contributed by atoms with Crippen molar-refractivity contribution in [3.8, 4) is 0 Å². The van der Waals surface area contributed by atoms with E-state index in [4.69, 9.17) is 56.8 Å². The summed E-state index contributed by atoms with van der Waals surface area (Å²) in [6.45, 7) is -4.55. The van der Waals surface area contributed by atoms with Gasteiger partial charge in [0.1, 0.15) is 122 Å². The molecule has 0 radical (unpaired) electrons. The molecule has 22 aliphatic heterocycles. The largest absolute Gasteiger partial charge is 0.394 e. The van der Waals surface area contributed by atoms with E-state index >= 15 is 0 Å². The third kappa shape index (κ3) is 9.61. The Kier molecular flexibility index (Phi) is 15.9. The first-order valence-electron chi connectivity index (χ1n) is 19.8. The third-order valence-electron chi connectivity index (χ3n) is 11.8. The van der Waals surface area contributed by atoms with Crippen LogP contribution >= 0.6 is 0 Å². The minimum atomic E-state index is -2.03. The number of rotatable bonds is 4. The summed E-state index contributed by atoms with van der Waals surface area (Å²) >= 11 is 0. The van der Waals surface area contributed by atoms with Gasteiger partial charge in [0.15, 0.2) is 37.7 Å². The number of ether oxygens (including phenoxy) is 12. The smallest absolute Gasteiger partial charge is 0.187 e. The molecular weight excluding hydrogens is 840 g/mol. The molecule has 0 amide bonds. The molecule has 0 aromatic carbocycles. The molecule has 0 aliphatic carbocycles. The maximum atomic E-state index is 11.2. The van der Waals surface area contributed by atoms with Gasteiger partial charge in [-0.25, -0.2) is 0 Å². The molecule has 27 unspecified atom stereocenters. The van der Waals surface area contributed by atoms with Crippen LogP contribution < -0.4 is 0 Å². The number of aliphatic hydroxyl groups excluding tert-OH is 15. The fourth-order valence-electron chi connectivity index (χ4n) is 8.27. The Bertz CT molecular complexity index is 1380. The molecule has 27 atom stereocenters. The van der Waals surface area contributed by atoms with E-state index in [0.717, 1.165) is 0 Å². The molecule has 0 aromatic rings. The zero-order valence-corrected chi connectivity index (χ0v) is 32.1. The van der Waals surface area contributed by atoms with Gasteiger partial charge in [-0.1, -0.05) is 0 Å². The molecule has 15 N–H and O–H groups in total. The van der Waals surface area contributed by atoms with Crippen LogP contribution in [0.25, 0.3) is 0 Å². The highest BCUT2D eigenvalue weighted by Crippen LogP contribution is 2.36. The van der Waals surface area contributed by atoms with Gasteiger partial charge in [-0.3, -0.25) is 0 Å². The highest BCUT2D eigenvalue weighted by Gasteiger charge is 2.56. The van der Waals surface area contributed by atoms with Gasteiger partial charge in [-0.2, -0.15) is 0 Å². The maximum absolute atomic E-state index is 11.2. The first-order valence-corrected chi connectivity index (χ1v) is 19.8. The minimum Gasteiger partial charge on any atom is -0.394 e. The van der Waals surface area contributed by atoms with Crippen molar-refractivity contribution >= 4 is 0 Å². The molecule has 22 saturated heterocycles. The van der Waals surface area contributed by atoms with Crippen molar-refractivity contribution in [1.82, 2.24) is 0 Å². The summed E-state index contributed by atoms with van der Waals surface area (Å²) in [6, 6.07) is 0. The molecule has 12 bridgehead atoms. The molecule has 61 heavy (non-hydrogen) atoms. The van der Waals surface area contributed by atoms with Crippen LogP contribution in [0.5, 0.6) is 0 Å². The lowest BCUT2D eigenvalue weighted by Crippen LogP contribution is -2.67. The van der Waals surface area contributed by atoms with E-state index in [1.165, 1.54) is 0 Å². The van der Waals surface area contributed by atoms with Crippen molar-refractivity contribution < 1.29 is 133 Å². The van der Waals surface area contributed by atoms with Gasteiger partial charge in [0.25, 0.3) is 0 Å². The summed E-state index contributed by atoms with van der Waals surface area (Å²) in [5, 5.41) is 162. The molecule has 0 aromatic heterocycles. The van der Waals surface area contributed by atoms with E-state index in [2.05, 4.69) is 0 Å². The minimum absolute atomic E-state index is 0.412. The second-order valence-electron chi connectivity index (χ2n) is 15.8. The van der Waals surface area contributed by atoms with E-state index in [-0.39, 0.29) is 0 Å². The average Bonchev–Trinajstić information content (AvgIpc) is 3.25. The van der Waals surface area contributed by atoms with E-state index in [1.54, 1.807) is 0 Å². The SMILES string of the molecule is OCC1OC2OC3C(CO)OC(OC4COC(OC5COC(OC6C(CO)OC(OC7C(CO)OC(OC1CC2O)C(O)C7O)C(O)C6O)C(O)C5O)C(O)C4O)C(O)C3O. The fraction of sp³-hybridized carbons (Fsp3) is 1.00. The summed E-state index contributed by atoms with van der Waals surface area (Å²) in [7, 11) is 0. The van der Waals surface area contributed by atoms with Gasteiger partial charge in [-0.15, -0.1) is 0 Å². The molecule has 22 rings (SSSR count). The van der Waals surface area contributed by atoms with Crippen LogP contribution in [-0.4, -0.2) is 282 Å². The quantitative estimate of drug-likeness (QED) is 0.125. The van der Waals surface area contributed by atoms with E-state index in [0.29, 0.717) is 0 Å². The molecule has 22 heterocycles. The molecule has 27 nitrogen and oxygen atoms in total. The lowest BCUT2D eigenvalue weighted by molar-refractivity contribution is -0.391. The van der Waals surface area contributed by atoms with Gasteiger partial charge in [0.05, 0.1) is 45.7 Å². The zero-order chi connectivity index (χ0) is 44.0. The Morgan fingerprint density at radius 3 is 1.03 bits per heavy atom. The lowest BCUT2D eigenvalue weighted by atomic mass is 9.96. The highest BCUT2D eigenvalue weighted by molar-refractivity contribution is 4.98. The fourth-order valence-corrected chi connectivity index (χ4v) is 8.27. The lowest BCUT2D eigenvalue weighted by Gasteiger charge is -2.49. The Labute approximate surface area is 345 Å². The maximum Gasteiger partial charge on any atom is 0.187 e. The number of aliphatic hydroxyl groups is 15. The molecule has 354 valence electrons. The van der Waals surface area contributed by atoms with Crippen molar-refractivity contribution in [2.45, 2.75) is 172 Å². The Morgan fingerprint density at radius 1 is 0.295 bits per heavy atom. The first kappa shape index (κ1) is 47.9. The molecule has 0 saturated carbocycles. The van der Waals surface area contributed by atoms with Crippen LogP contribution in [0.4, 0.5) is 0 Å². The summed E-state index contributed by atoms with van der Waals surface area (Å²) in [6.07, 6.45) is -47.1. The van der Waals surface area contributed by atoms with Crippen LogP contribution in [0.15, 0.2) is 0 Å². The predicted molar refractivity (Wildman–Crippen MR) is 182 cm³/mol. The van der Waals surface area contributed by atoms with Gasteiger partial charge in [0.2, 0.25) is 0 Å². The first-order chi connectivity index (χ1) is 29.1. The van der Waals surface area contributed by atoms with Gasteiger partial charge >= 0.3 is 0 Å². The van der Waals surface area contributed by atoms with Crippen molar-refractivity contribution in [3.63, 3.8) is 0 Å². The highest BCUT2D eigenvalue weighted by atomic mass is 16.8. The predicted octanol–water partition coefficient (Wildman–Crippen LogP) is -10.7. The van der Waals surface area contributed by atoms with Crippen molar-refractivity contribution in [3.05, 3.63) is 0 Å². The Balaban J connectivity index is 1.13. The Morgan fingerprint density at radius 2 is 0.607 bits per heavy atom. The second kappa shape index (κ2) is 20.2.